The SMILES string of the molecule is Cn1c(C(C#N)C(=O)c2ccco2)cc2ccccc21. The van der Waals surface area contributed by atoms with Crippen LogP contribution in [0, 0.1) is 11.3 Å². The van der Waals surface area contributed by atoms with E-state index in [1.165, 1.54) is 6.26 Å². The zero-order valence-corrected chi connectivity index (χ0v) is 10.9. The van der Waals surface area contributed by atoms with Crippen LogP contribution in [0.3, 0.4) is 0 Å². The van der Waals surface area contributed by atoms with E-state index in [1.807, 2.05) is 41.9 Å². The number of Topliss-reactive ketones (excluding diaryl/α,β-unsaturated/α-hetero) is 1. The van der Waals surface area contributed by atoms with Gasteiger partial charge in [-0.15, -0.1) is 0 Å². The highest BCUT2D eigenvalue weighted by Gasteiger charge is 2.26. The van der Waals surface area contributed by atoms with Crippen molar-refractivity contribution in [2.75, 3.05) is 0 Å². The van der Waals surface area contributed by atoms with Gasteiger partial charge < -0.3 is 8.98 Å². The Morgan fingerprint density at radius 3 is 2.75 bits per heavy atom. The van der Waals surface area contributed by atoms with Crippen LogP contribution in [0.1, 0.15) is 22.2 Å². The molecule has 2 heterocycles. The maximum Gasteiger partial charge on any atom is 0.221 e. The van der Waals surface area contributed by atoms with Crippen molar-refractivity contribution >= 4 is 16.7 Å². The maximum absolute atomic E-state index is 12.3. The highest BCUT2D eigenvalue weighted by atomic mass is 16.3. The van der Waals surface area contributed by atoms with Crippen molar-refractivity contribution in [2.45, 2.75) is 5.92 Å². The largest absolute Gasteiger partial charge is 0.461 e. The van der Waals surface area contributed by atoms with E-state index in [0.717, 1.165) is 10.9 Å². The summed E-state index contributed by atoms with van der Waals surface area (Å²) in [5, 5.41) is 10.4. The second-order valence-electron chi connectivity index (χ2n) is 4.59. The third-order valence-corrected chi connectivity index (χ3v) is 3.44. The van der Waals surface area contributed by atoms with E-state index in [1.54, 1.807) is 12.1 Å². The molecule has 0 fully saturated rings. The molecule has 4 heteroatoms. The molecule has 0 bridgehead atoms. The van der Waals surface area contributed by atoms with Crippen LogP contribution in [0.15, 0.2) is 53.1 Å². The molecule has 2 aromatic heterocycles. The Balaban J connectivity index is 2.11. The molecule has 0 aliphatic rings. The zero-order valence-electron chi connectivity index (χ0n) is 10.9. The summed E-state index contributed by atoms with van der Waals surface area (Å²) in [7, 11) is 1.86. The smallest absolute Gasteiger partial charge is 0.221 e. The topological polar surface area (TPSA) is 58.9 Å². The molecule has 0 radical (unpaired) electrons. The normalized spacial score (nSPS) is 12.2. The van der Waals surface area contributed by atoms with Gasteiger partial charge in [0.15, 0.2) is 11.7 Å². The number of aromatic nitrogens is 1. The first-order chi connectivity index (χ1) is 9.72. The van der Waals surface area contributed by atoms with Crippen LogP contribution in [-0.4, -0.2) is 10.4 Å². The zero-order chi connectivity index (χ0) is 14.1. The lowest BCUT2D eigenvalue weighted by atomic mass is 10.00. The van der Waals surface area contributed by atoms with Gasteiger partial charge in [0.25, 0.3) is 0 Å². The molecule has 0 N–H and O–H groups in total. The first-order valence-electron chi connectivity index (χ1n) is 6.24. The van der Waals surface area contributed by atoms with Gasteiger partial charge in [-0.3, -0.25) is 4.79 Å². The molecule has 0 amide bonds. The molecule has 98 valence electrons. The highest BCUT2D eigenvalue weighted by molar-refractivity contribution is 6.01. The second kappa shape index (κ2) is 4.71. The maximum atomic E-state index is 12.3. The lowest BCUT2D eigenvalue weighted by Crippen LogP contribution is -2.13. The van der Waals surface area contributed by atoms with Crippen LogP contribution < -0.4 is 0 Å². The van der Waals surface area contributed by atoms with Gasteiger partial charge in [0.1, 0.15) is 0 Å². The molecular formula is C16H12N2O2. The van der Waals surface area contributed by atoms with E-state index in [2.05, 4.69) is 6.07 Å². The van der Waals surface area contributed by atoms with Crippen molar-refractivity contribution in [3.05, 3.63) is 60.2 Å². The molecule has 0 saturated carbocycles. The number of rotatable bonds is 3. The van der Waals surface area contributed by atoms with Gasteiger partial charge in [0.2, 0.25) is 5.78 Å². The molecule has 0 saturated heterocycles. The molecule has 20 heavy (non-hydrogen) atoms. The molecule has 3 rings (SSSR count). The van der Waals surface area contributed by atoms with Crippen molar-refractivity contribution in [1.82, 2.24) is 4.57 Å². The summed E-state index contributed by atoms with van der Waals surface area (Å²) in [6.07, 6.45) is 1.43. The number of ketones is 1. The summed E-state index contributed by atoms with van der Waals surface area (Å²) >= 11 is 0. The van der Waals surface area contributed by atoms with E-state index in [4.69, 9.17) is 4.42 Å². The van der Waals surface area contributed by atoms with Crippen LogP contribution in [0.4, 0.5) is 0 Å². The van der Waals surface area contributed by atoms with Crippen molar-refractivity contribution in [1.29, 1.82) is 5.26 Å². The van der Waals surface area contributed by atoms with Gasteiger partial charge in [0, 0.05) is 18.3 Å². The van der Waals surface area contributed by atoms with Gasteiger partial charge in [-0.05, 0) is 29.7 Å². The molecule has 1 atom stereocenters. The second-order valence-corrected chi connectivity index (χ2v) is 4.59. The van der Waals surface area contributed by atoms with Gasteiger partial charge in [-0.2, -0.15) is 5.26 Å². The minimum absolute atomic E-state index is 0.210. The first-order valence-corrected chi connectivity index (χ1v) is 6.24. The number of nitriles is 1. The number of furan rings is 1. The summed E-state index contributed by atoms with van der Waals surface area (Å²) in [5.41, 5.74) is 1.67. The van der Waals surface area contributed by atoms with Crippen LogP contribution >= 0.6 is 0 Å². The standard InChI is InChI=1S/C16H12N2O2/c1-18-13-6-3-2-5-11(13)9-14(18)12(10-17)16(19)15-7-4-8-20-15/h2-9,12H,1H3. The fourth-order valence-corrected chi connectivity index (χ4v) is 2.41. The molecule has 0 aliphatic heterocycles. The van der Waals surface area contributed by atoms with Crippen molar-refractivity contribution in [2.24, 2.45) is 7.05 Å². The van der Waals surface area contributed by atoms with E-state index in [0.29, 0.717) is 5.69 Å². The minimum atomic E-state index is -0.862. The van der Waals surface area contributed by atoms with Crippen molar-refractivity contribution in [3.8, 4) is 6.07 Å². The number of fused-ring (bicyclic) bond motifs is 1. The summed E-state index contributed by atoms with van der Waals surface area (Å²) in [6, 6.07) is 15.0. The molecular weight excluding hydrogens is 252 g/mol. The number of carbonyl (C=O) groups excluding carboxylic acids is 1. The summed E-state index contributed by atoms with van der Waals surface area (Å²) in [4.78, 5) is 12.3. The fraction of sp³-hybridized carbons (Fsp3) is 0.125. The minimum Gasteiger partial charge on any atom is -0.461 e. The number of aryl methyl sites for hydroxylation is 1. The summed E-state index contributed by atoms with van der Waals surface area (Å²) in [5.74, 6) is -0.969. The lowest BCUT2D eigenvalue weighted by Gasteiger charge is -2.08. The first kappa shape index (κ1) is 12.2. The Hall–Kier alpha value is -2.80. The number of nitrogens with zero attached hydrogens (tertiary/aromatic N) is 2. The number of hydrogen-bond donors (Lipinski definition) is 0. The number of benzene rings is 1. The average molecular weight is 264 g/mol. The van der Waals surface area contributed by atoms with Gasteiger partial charge >= 0.3 is 0 Å². The van der Waals surface area contributed by atoms with Gasteiger partial charge in [0.05, 0.1) is 12.3 Å². The monoisotopic (exact) mass is 264 g/mol. The summed E-state index contributed by atoms with van der Waals surface area (Å²) < 4.78 is 6.98. The van der Waals surface area contributed by atoms with Gasteiger partial charge in [-0.25, -0.2) is 0 Å². The number of hydrogen-bond acceptors (Lipinski definition) is 3. The third kappa shape index (κ3) is 1.81. The summed E-state index contributed by atoms with van der Waals surface area (Å²) in [6.45, 7) is 0. The Labute approximate surface area is 115 Å². The Morgan fingerprint density at radius 1 is 1.30 bits per heavy atom. The molecule has 4 nitrogen and oxygen atoms in total. The average Bonchev–Trinajstić information content (AvgIpc) is 3.09. The molecule has 1 unspecified atom stereocenters. The van der Waals surface area contributed by atoms with Crippen LogP contribution in [-0.2, 0) is 7.05 Å². The predicted octanol–water partition coefficient (Wildman–Crippen LogP) is 3.26. The van der Waals surface area contributed by atoms with Crippen LogP contribution in [0.25, 0.3) is 10.9 Å². The van der Waals surface area contributed by atoms with Crippen molar-refractivity contribution in [3.63, 3.8) is 0 Å². The van der Waals surface area contributed by atoms with Crippen LogP contribution in [0.5, 0.6) is 0 Å². The Morgan fingerprint density at radius 2 is 2.10 bits per heavy atom. The predicted molar refractivity (Wildman–Crippen MR) is 74.3 cm³/mol. The Kier molecular flexibility index (Phi) is 2.88. The van der Waals surface area contributed by atoms with Gasteiger partial charge in [-0.1, -0.05) is 18.2 Å². The highest BCUT2D eigenvalue weighted by Crippen LogP contribution is 2.26. The third-order valence-electron chi connectivity index (χ3n) is 3.44. The molecule has 0 spiro atoms. The molecule has 1 aromatic carbocycles. The quantitative estimate of drug-likeness (QED) is 0.682. The Bertz CT molecular complexity index is 807. The number of carbonyl (C=O) groups is 1. The molecule has 0 aliphatic carbocycles. The lowest BCUT2D eigenvalue weighted by molar-refractivity contribution is 0.0949. The van der Waals surface area contributed by atoms with E-state index in [9.17, 15) is 10.1 Å². The van der Waals surface area contributed by atoms with Crippen molar-refractivity contribution < 1.29 is 9.21 Å². The molecule has 3 aromatic rings. The van der Waals surface area contributed by atoms with E-state index >= 15 is 0 Å². The van der Waals surface area contributed by atoms with E-state index in [-0.39, 0.29) is 11.5 Å². The number of para-hydroxylation sites is 1. The van der Waals surface area contributed by atoms with E-state index < -0.39 is 5.92 Å². The fourth-order valence-electron chi connectivity index (χ4n) is 2.41. The van der Waals surface area contributed by atoms with Crippen LogP contribution in [0.2, 0.25) is 0 Å².